The molecule has 0 saturated heterocycles. The summed E-state index contributed by atoms with van der Waals surface area (Å²) in [6, 6.07) is 12.1. The molecule has 3 heteroatoms. The highest BCUT2D eigenvalue weighted by Gasteiger charge is 2.04. The van der Waals surface area contributed by atoms with Crippen LogP contribution in [0.5, 0.6) is 0 Å². The topological polar surface area (TPSA) is 31.0 Å². The molecule has 2 heterocycles. The van der Waals surface area contributed by atoms with E-state index in [4.69, 9.17) is 4.42 Å². The molecule has 84 valence electrons. The number of aromatic nitrogens is 2. The van der Waals surface area contributed by atoms with Gasteiger partial charge in [-0.2, -0.15) is 0 Å². The molecule has 0 fully saturated rings. The first-order chi connectivity index (χ1) is 8.34. The number of benzene rings is 1. The molecule has 0 atom stereocenters. The zero-order valence-corrected chi connectivity index (χ0v) is 9.50. The fraction of sp³-hybridized carbons (Fsp3) is 0.0714. The third-order valence-corrected chi connectivity index (χ3v) is 2.80. The summed E-state index contributed by atoms with van der Waals surface area (Å²) < 4.78 is 7.36. The summed E-state index contributed by atoms with van der Waals surface area (Å²) >= 11 is 0. The van der Waals surface area contributed by atoms with Crippen LogP contribution in [0.4, 0.5) is 0 Å². The van der Waals surface area contributed by atoms with E-state index in [2.05, 4.69) is 29.2 Å². The minimum Gasteiger partial charge on any atom is -0.464 e. The van der Waals surface area contributed by atoms with Crippen molar-refractivity contribution in [2.75, 3.05) is 0 Å². The second-order valence-corrected chi connectivity index (χ2v) is 3.94. The van der Waals surface area contributed by atoms with Crippen LogP contribution in [0.3, 0.4) is 0 Å². The Hall–Kier alpha value is -2.29. The van der Waals surface area contributed by atoms with Gasteiger partial charge < -0.3 is 8.98 Å². The van der Waals surface area contributed by atoms with E-state index in [0.29, 0.717) is 0 Å². The number of nitrogens with zero attached hydrogens (tertiary/aromatic N) is 2. The second kappa shape index (κ2) is 3.94. The molecule has 0 aliphatic heterocycles. The van der Waals surface area contributed by atoms with Crippen LogP contribution in [0.25, 0.3) is 22.6 Å². The molecule has 0 saturated carbocycles. The smallest absolute Gasteiger partial charge is 0.133 e. The molecular weight excluding hydrogens is 212 g/mol. The Morgan fingerprint density at radius 3 is 2.41 bits per heavy atom. The second-order valence-electron chi connectivity index (χ2n) is 3.94. The first kappa shape index (κ1) is 9.90. The van der Waals surface area contributed by atoms with Gasteiger partial charge >= 0.3 is 0 Å². The molecule has 0 amide bonds. The van der Waals surface area contributed by atoms with Crippen LogP contribution in [0.15, 0.2) is 59.6 Å². The van der Waals surface area contributed by atoms with Crippen molar-refractivity contribution in [2.24, 2.45) is 7.05 Å². The number of imidazole rings is 1. The maximum absolute atomic E-state index is 5.36. The predicted octanol–water partition coefficient (Wildman–Crippen LogP) is 3.35. The van der Waals surface area contributed by atoms with E-state index in [-0.39, 0.29) is 0 Å². The Bertz CT molecular complexity index is 606. The van der Waals surface area contributed by atoms with Gasteiger partial charge in [-0.3, -0.25) is 0 Å². The number of furan rings is 1. The summed E-state index contributed by atoms with van der Waals surface area (Å²) in [7, 11) is 1.99. The molecule has 17 heavy (non-hydrogen) atoms. The summed E-state index contributed by atoms with van der Waals surface area (Å²) in [5.41, 5.74) is 3.34. The Balaban J connectivity index is 1.99. The van der Waals surface area contributed by atoms with Gasteiger partial charge in [0, 0.05) is 12.6 Å². The van der Waals surface area contributed by atoms with Crippen molar-refractivity contribution < 1.29 is 4.42 Å². The van der Waals surface area contributed by atoms with Crippen LogP contribution in [0.2, 0.25) is 0 Å². The highest BCUT2D eigenvalue weighted by molar-refractivity contribution is 5.65. The first-order valence-corrected chi connectivity index (χ1v) is 5.45. The van der Waals surface area contributed by atoms with Crippen molar-refractivity contribution in [3.8, 4) is 22.6 Å². The molecule has 1 aromatic carbocycles. The van der Waals surface area contributed by atoms with Crippen molar-refractivity contribution in [3.05, 3.63) is 55.2 Å². The summed E-state index contributed by atoms with van der Waals surface area (Å²) in [5, 5.41) is 0. The predicted molar refractivity (Wildman–Crippen MR) is 66.3 cm³/mol. The number of aryl methyl sites for hydroxylation is 1. The van der Waals surface area contributed by atoms with Crippen molar-refractivity contribution >= 4 is 0 Å². The van der Waals surface area contributed by atoms with Gasteiger partial charge in [0.15, 0.2) is 0 Å². The largest absolute Gasteiger partial charge is 0.464 e. The van der Waals surface area contributed by atoms with Gasteiger partial charge in [0.25, 0.3) is 0 Å². The van der Waals surface area contributed by atoms with E-state index in [9.17, 15) is 0 Å². The number of rotatable bonds is 2. The average molecular weight is 224 g/mol. The molecule has 0 radical (unpaired) electrons. The molecule has 3 aromatic rings. The van der Waals surface area contributed by atoms with Crippen LogP contribution in [-0.2, 0) is 7.05 Å². The fourth-order valence-electron chi connectivity index (χ4n) is 1.88. The highest BCUT2D eigenvalue weighted by Crippen LogP contribution is 2.24. The SMILES string of the molecule is Cn1cncc1-c1ccc(-c2ccco2)cc1. The minimum atomic E-state index is 0.890. The molecule has 0 N–H and O–H groups in total. The summed E-state index contributed by atoms with van der Waals surface area (Å²) in [5.74, 6) is 0.890. The summed E-state index contributed by atoms with van der Waals surface area (Å²) in [6.07, 6.45) is 5.35. The lowest BCUT2D eigenvalue weighted by Crippen LogP contribution is -1.88. The van der Waals surface area contributed by atoms with Crippen LogP contribution in [0, 0.1) is 0 Å². The fourth-order valence-corrected chi connectivity index (χ4v) is 1.88. The maximum atomic E-state index is 5.36. The Kier molecular flexibility index (Phi) is 2.29. The van der Waals surface area contributed by atoms with E-state index in [1.807, 2.05) is 29.9 Å². The van der Waals surface area contributed by atoms with E-state index in [1.165, 1.54) is 0 Å². The van der Waals surface area contributed by atoms with Crippen molar-refractivity contribution in [3.63, 3.8) is 0 Å². The molecule has 0 aliphatic rings. The van der Waals surface area contributed by atoms with E-state index in [0.717, 1.165) is 22.6 Å². The van der Waals surface area contributed by atoms with Crippen LogP contribution in [0.1, 0.15) is 0 Å². The summed E-state index contributed by atoms with van der Waals surface area (Å²) in [4.78, 5) is 4.11. The molecule has 3 nitrogen and oxygen atoms in total. The minimum absolute atomic E-state index is 0.890. The Labute approximate surface area is 99.3 Å². The molecule has 3 rings (SSSR count). The molecule has 0 aliphatic carbocycles. The van der Waals surface area contributed by atoms with Crippen LogP contribution in [-0.4, -0.2) is 9.55 Å². The molecule has 0 bridgehead atoms. The Morgan fingerprint density at radius 1 is 1.06 bits per heavy atom. The quantitative estimate of drug-likeness (QED) is 0.668. The standard InChI is InChI=1S/C14H12N2O/c1-16-10-15-9-13(16)11-4-6-12(7-5-11)14-3-2-8-17-14/h2-10H,1H3. The normalized spacial score (nSPS) is 10.6. The van der Waals surface area contributed by atoms with Gasteiger partial charge in [0.1, 0.15) is 5.76 Å². The van der Waals surface area contributed by atoms with Gasteiger partial charge in [-0.15, -0.1) is 0 Å². The van der Waals surface area contributed by atoms with Crippen molar-refractivity contribution in [1.29, 1.82) is 0 Å². The van der Waals surface area contributed by atoms with E-state index >= 15 is 0 Å². The highest BCUT2D eigenvalue weighted by atomic mass is 16.3. The van der Waals surface area contributed by atoms with Gasteiger partial charge in [-0.1, -0.05) is 24.3 Å². The number of hydrogen-bond acceptors (Lipinski definition) is 2. The van der Waals surface area contributed by atoms with Crippen LogP contribution < -0.4 is 0 Å². The zero-order chi connectivity index (χ0) is 11.7. The van der Waals surface area contributed by atoms with Crippen molar-refractivity contribution in [1.82, 2.24) is 9.55 Å². The Morgan fingerprint density at radius 2 is 1.82 bits per heavy atom. The maximum Gasteiger partial charge on any atom is 0.133 e. The van der Waals surface area contributed by atoms with Gasteiger partial charge in [-0.25, -0.2) is 4.98 Å². The lowest BCUT2D eigenvalue weighted by molar-refractivity contribution is 0.582. The molecular formula is C14H12N2O. The molecule has 0 spiro atoms. The van der Waals surface area contributed by atoms with Gasteiger partial charge in [0.05, 0.1) is 24.5 Å². The first-order valence-electron chi connectivity index (χ1n) is 5.45. The van der Waals surface area contributed by atoms with Gasteiger partial charge in [0.2, 0.25) is 0 Å². The third kappa shape index (κ3) is 1.76. The number of hydrogen-bond donors (Lipinski definition) is 0. The zero-order valence-electron chi connectivity index (χ0n) is 9.50. The van der Waals surface area contributed by atoms with Gasteiger partial charge in [-0.05, 0) is 17.7 Å². The lowest BCUT2D eigenvalue weighted by Gasteiger charge is -2.03. The van der Waals surface area contributed by atoms with Crippen LogP contribution >= 0.6 is 0 Å². The molecule has 2 aromatic heterocycles. The third-order valence-electron chi connectivity index (χ3n) is 2.80. The average Bonchev–Trinajstić information content (AvgIpc) is 3.00. The van der Waals surface area contributed by atoms with Crippen molar-refractivity contribution in [2.45, 2.75) is 0 Å². The van der Waals surface area contributed by atoms with E-state index in [1.54, 1.807) is 12.6 Å². The monoisotopic (exact) mass is 224 g/mol. The summed E-state index contributed by atoms with van der Waals surface area (Å²) in [6.45, 7) is 0. The van der Waals surface area contributed by atoms with E-state index < -0.39 is 0 Å². The lowest BCUT2D eigenvalue weighted by atomic mass is 10.1. The molecule has 0 unspecified atom stereocenters.